The molecule has 0 aliphatic carbocycles. The number of hydrogen-bond acceptors (Lipinski definition) is 5. The lowest BCUT2D eigenvalue weighted by atomic mass is 10.2. The summed E-state index contributed by atoms with van der Waals surface area (Å²) in [6.45, 7) is 0.247. The van der Waals surface area contributed by atoms with E-state index in [1.165, 1.54) is 35.6 Å². The molecule has 0 radical (unpaired) electrons. The number of carbonyl (C=O) groups is 1. The minimum absolute atomic E-state index is 0.0707. The molecule has 2 rings (SSSR count). The molecule has 1 aromatic carbocycles. The smallest absolute Gasteiger partial charge is 0.411 e. The SMILES string of the molecule is O=C(O)N(CCc1cscn1)c1ccc([N+](=O)[O-])cc1. The number of nitro benzene ring substituents is 1. The van der Waals surface area contributed by atoms with Crippen LogP contribution in [0, 0.1) is 10.1 Å². The van der Waals surface area contributed by atoms with Crippen molar-refractivity contribution in [1.29, 1.82) is 0 Å². The number of amides is 1. The summed E-state index contributed by atoms with van der Waals surface area (Å²) in [6, 6.07) is 5.42. The predicted octanol–water partition coefficient (Wildman–Crippen LogP) is 2.78. The quantitative estimate of drug-likeness (QED) is 0.675. The van der Waals surface area contributed by atoms with Crippen molar-refractivity contribution in [3.8, 4) is 0 Å². The minimum Gasteiger partial charge on any atom is -0.465 e. The molecule has 0 fully saturated rings. The molecule has 1 amide bonds. The van der Waals surface area contributed by atoms with E-state index in [-0.39, 0.29) is 12.2 Å². The number of anilines is 1. The van der Waals surface area contributed by atoms with Crippen molar-refractivity contribution < 1.29 is 14.8 Å². The van der Waals surface area contributed by atoms with Gasteiger partial charge in [-0.25, -0.2) is 9.78 Å². The van der Waals surface area contributed by atoms with Gasteiger partial charge in [-0.05, 0) is 12.1 Å². The molecule has 0 unspecified atom stereocenters. The Labute approximate surface area is 118 Å². The van der Waals surface area contributed by atoms with E-state index in [9.17, 15) is 20.0 Å². The molecule has 0 aliphatic rings. The number of rotatable bonds is 5. The summed E-state index contributed by atoms with van der Waals surface area (Å²) in [5, 5.41) is 21.6. The summed E-state index contributed by atoms with van der Waals surface area (Å²) >= 11 is 1.45. The lowest BCUT2D eigenvalue weighted by molar-refractivity contribution is -0.384. The molecule has 0 aliphatic heterocycles. The Hall–Kier alpha value is -2.48. The molecule has 0 saturated heterocycles. The van der Waals surface area contributed by atoms with Crippen LogP contribution in [0.2, 0.25) is 0 Å². The fourth-order valence-corrected chi connectivity index (χ4v) is 2.27. The number of non-ortho nitro benzene ring substituents is 1. The highest BCUT2D eigenvalue weighted by atomic mass is 32.1. The van der Waals surface area contributed by atoms with Crippen LogP contribution in [0.3, 0.4) is 0 Å². The van der Waals surface area contributed by atoms with Crippen LogP contribution in [0.25, 0.3) is 0 Å². The van der Waals surface area contributed by atoms with E-state index in [1.807, 2.05) is 5.38 Å². The van der Waals surface area contributed by atoms with Gasteiger partial charge in [0.1, 0.15) is 0 Å². The monoisotopic (exact) mass is 293 g/mol. The van der Waals surface area contributed by atoms with Crippen LogP contribution < -0.4 is 4.90 Å². The van der Waals surface area contributed by atoms with Gasteiger partial charge in [0, 0.05) is 36.2 Å². The number of nitrogens with zero attached hydrogens (tertiary/aromatic N) is 3. The first-order valence-electron chi connectivity index (χ1n) is 5.70. The molecular weight excluding hydrogens is 282 g/mol. The molecule has 1 N–H and O–H groups in total. The topological polar surface area (TPSA) is 96.6 Å². The van der Waals surface area contributed by atoms with Gasteiger partial charge in [0.2, 0.25) is 0 Å². The van der Waals surface area contributed by atoms with Crippen LogP contribution in [-0.2, 0) is 6.42 Å². The van der Waals surface area contributed by atoms with Crippen LogP contribution in [0.4, 0.5) is 16.2 Å². The summed E-state index contributed by atoms with van der Waals surface area (Å²) in [6.07, 6.45) is -0.610. The Morgan fingerprint density at radius 2 is 2.10 bits per heavy atom. The maximum atomic E-state index is 11.3. The van der Waals surface area contributed by atoms with Crippen molar-refractivity contribution in [2.45, 2.75) is 6.42 Å². The zero-order valence-corrected chi connectivity index (χ0v) is 11.1. The summed E-state index contributed by atoms with van der Waals surface area (Å²) in [4.78, 5) is 26.5. The van der Waals surface area contributed by atoms with Crippen LogP contribution in [-0.4, -0.2) is 27.7 Å². The third-order valence-corrected chi connectivity index (χ3v) is 3.31. The number of carboxylic acid groups (broad SMARTS) is 1. The van der Waals surface area contributed by atoms with E-state index in [0.29, 0.717) is 12.1 Å². The second-order valence-electron chi connectivity index (χ2n) is 3.94. The Morgan fingerprint density at radius 1 is 1.40 bits per heavy atom. The fourth-order valence-electron chi connectivity index (χ4n) is 1.68. The second kappa shape index (κ2) is 6.11. The highest BCUT2D eigenvalue weighted by Crippen LogP contribution is 2.20. The van der Waals surface area contributed by atoms with E-state index >= 15 is 0 Å². The first-order valence-corrected chi connectivity index (χ1v) is 6.64. The standard InChI is InChI=1S/C12H11N3O4S/c16-12(17)14(6-5-9-7-20-8-13-9)10-1-3-11(4-2-10)15(18)19/h1-4,7-8H,5-6H2,(H,16,17). The largest absolute Gasteiger partial charge is 0.465 e. The summed E-state index contributed by atoms with van der Waals surface area (Å²) < 4.78 is 0. The molecule has 1 heterocycles. The maximum Gasteiger partial charge on any atom is 0.411 e. The van der Waals surface area contributed by atoms with E-state index in [4.69, 9.17) is 0 Å². The van der Waals surface area contributed by atoms with E-state index in [1.54, 1.807) is 5.51 Å². The molecule has 1 aromatic heterocycles. The van der Waals surface area contributed by atoms with Crippen LogP contribution >= 0.6 is 11.3 Å². The molecule has 8 heteroatoms. The van der Waals surface area contributed by atoms with Crippen LogP contribution in [0.15, 0.2) is 35.2 Å². The number of nitro groups is 1. The van der Waals surface area contributed by atoms with Crippen molar-refractivity contribution in [2.75, 3.05) is 11.4 Å². The first kappa shape index (κ1) is 13.9. The van der Waals surface area contributed by atoms with Gasteiger partial charge in [0.25, 0.3) is 5.69 Å². The fraction of sp³-hybridized carbons (Fsp3) is 0.167. The highest BCUT2D eigenvalue weighted by Gasteiger charge is 2.16. The van der Waals surface area contributed by atoms with Crippen molar-refractivity contribution in [1.82, 2.24) is 4.98 Å². The van der Waals surface area contributed by atoms with E-state index in [2.05, 4.69) is 4.98 Å². The number of hydrogen-bond donors (Lipinski definition) is 1. The molecule has 0 bridgehead atoms. The van der Waals surface area contributed by atoms with Gasteiger partial charge in [0.15, 0.2) is 0 Å². The second-order valence-corrected chi connectivity index (χ2v) is 4.66. The number of benzene rings is 1. The molecule has 7 nitrogen and oxygen atoms in total. The van der Waals surface area contributed by atoms with Gasteiger partial charge in [-0.1, -0.05) is 0 Å². The zero-order chi connectivity index (χ0) is 14.5. The Morgan fingerprint density at radius 3 is 2.60 bits per heavy atom. The van der Waals surface area contributed by atoms with E-state index < -0.39 is 11.0 Å². The summed E-state index contributed by atoms with van der Waals surface area (Å²) in [5.41, 5.74) is 2.84. The minimum atomic E-state index is -1.10. The lowest BCUT2D eigenvalue weighted by Crippen LogP contribution is -2.31. The van der Waals surface area contributed by atoms with E-state index in [0.717, 1.165) is 10.6 Å². The van der Waals surface area contributed by atoms with Crippen molar-refractivity contribution in [2.24, 2.45) is 0 Å². The van der Waals surface area contributed by atoms with Gasteiger partial charge in [-0.3, -0.25) is 15.0 Å². The number of thiazole rings is 1. The van der Waals surface area contributed by atoms with Gasteiger partial charge < -0.3 is 5.11 Å². The highest BCUT2D eigenvalue weighted by molar-refractivity contribution is 7.07. The number of aromatic nitrogens is 1. The Balaban J connectivity index is 2.11. The summed E-state index contributed by atoms with van der Waals surface area (Å²) in [7, 11) is 0. The molecule has 0 atom stereocenters. The summed E-state index contributed by atoms with van der Waals surface area (Å²) in [5.74, 6) is 0. The normalized spacial score (nSPS) is 10.2. The van der Waals surface area contributed by atoms with Crippen LogP contribution in [0.5, 0.6) is 0 Å². The molecule has 2 aromatic rings. The third kappa shape index (κ3) is 3.29. The molecule has 0 saturated carbocycles. The van der Waals surface area contributed by atoms with Gasteiger partial charge >= 0.3 is 6.09 Å². The van der Waals surface area contributed by atoms with Gasteiger partial charge in [-0.2, -0.15) is 0 Å². The first-order chi connectivity index (χ1) is 9.58. The molecule has 0 spiro atoms. The lowest BCUT2D eigenvalue weighted by Gasteiger charge is -2.18. The Bertz CT molecular complexity index is 598. The average molecular weight is 293 g/mol. The van der Waals surface area contributed by atoms with Gasteiger partial charge in [-0.15, -0.1) is 11.3 Å². The van der Waals surface area contributed by atoms with Crippen LogP contribution in [0.1, 0.15) is 5.69 Å². The third-order valence-electron chi connectivity index (χ3n) is 2.68. The molecule has 20 heavy (non-hydrogen) atoms. The average Bonchev–Trinajstić information content (AvgIpc) is 2.92. The maximum absolute atomic E-state index is 11.3. The predicted molar refractivity (Wildman–Crippen MR) is 74.3 cm³/mol. The Kier molecular flexibility index (Phi) is 4.26. The van der Waals surface area contributed by atoms with Crippen molar-refractivity contribution in [3.63, 3.8) is 0 Å². The van der Waals surface area contributed by atoms with Gasteiger partial charge in [0.05, 0.1) is 16.1 Å². The zero-order valence-electron chi connectivity index (χ0n) is 10.3. The molecular formula is C12H11N3O4S. The molecule has 104 valence electrons. The van der Waals surface area contributed by atoms with Crippen molar-refractivity contribution >= 4 is 28.8 Å². The van der Waals surface area contributed by atoms with Crippen molar-refractivity contribution in [3.05, 3.63) is 51.0 Å².